The maximum atomic E-state index is 8.43. The summed E-state index contributed by atoms with van der Waals surface area (Å²) < 4.78 is 5.65. The minimum Gasteiger partial charge on any atom is -0.494 e. The van der Waals surface area contributed by atoms with Crippen molar-refractivity contribution in [2.75, 3.05) is 6.61 Å². The van der Waals surface area contributed by atoms with Gasteiger partial charge >= 0.3 is 0 Å². The van der Waals surface area contributed by atoms with Gasteiger partial charge in [-0.3, -0.25) is 0 Å². The molecule has 0 unspecified atom stereocenters. The van der Waals surface area contributed by atoms with Crippen LogP contribution < -0.4 is 4.74 Å². The number of nitriles is 1. The molecule has 2 aromatic rings. The van der Waals surface area contributed by atoms with Crippen molar-refractivity contribution in [1.29, 1.82) is 5.26 Å². The van der Waals surface area contributed by atoms with Crippen LogP contribution in [0.3, 0.4) is 0 Å². The van der Waals surface area contributed by atoms with Crippen LogP contribution in [0.5, 0.6) is 5.75 Å². The Balaban J connectivity index is 2.06. The number of unbranched alkanes of at least 4 members (excludes halogenated alkanes) is 1. The minimum atomic E-state index is 0.766. The lowest BCUT2D eigenvalue weighted by Crippen LogP contribution is -1.95. The Morgan fingerprint density at radius 1 is 0.952 bits per heavy atom. The quantitative estimate of drug-likeness (QED) is 0.598. The second kappa shape index (κ2) is 7.78. The summed E-state index contributed by atoms with van der Waals surface area (Å²) in [7, 11) is 0. The molecule has 2 heteroatoms. The summed E-state index contributed by atoms with van der Waals surface area (Å²) in [6, 6.07) is 17.8. The number of rotatable bonds is 5. The maximum absolute atomic E-state index is 8.43. The molecule has 0 atom stereocenters. The van der Waals surface area contributed by atoms with Crippen LogP contribution >= 0.6 is 0 Å². The number of benzene rings is 2. The van der Waals surface area contributed by atoms with E-state index in [0.29, 0.717) is 0 Å². The van der Waals surface area contributed by atoms with Gasteiger partial charge in [-0.25, -0.2) is 0 Å². The van der Waals surface area contributed by atoms with Gasteiger partial charge in [-0.15, -0.1) is 0 Å². The first-order valence-electron chi connectivity index (χ1n) is 7.07. The second-order valence-corrected chi connectivity index (χ2v) is 4.67. The molecule has 104 valence electrons. The Hall–Kier alpha value is -2.71. The summed E-state index contributed by atoms with van der Waals surface area (Å²) in [6.45, 7) is 2.92. The lowest BCUT2D eigenvalue weighted by molar-refractivity contribution is 0.309. The molecule has 0 bridgehead atoms. The van der Waals surface area contributed by atoms with Gasteiger partial charge in [-0.2, -0.15) is 5.26 Å². The summed E-state index contributed by atoms with van der Waals surface area (Å²) >= 11 is 0. The Kier molecular flexibility index (Phi) is 5.44. The maximum Gasteiger partial charge on any atom is 0.152 e. The molecule has 0 aromatic heterocycles. The van der Waals surface area contributed by atoms with Crippen LogP contribution in [0.25, 0.3) is 11.1 Å². The fraction of sp³-hybridized carbons (Fsp3) is 0.211. The van der Waals surface area contributed by atoms with Crippen LogP contribution in [-0.2, 0) is 0 Å². The van der Waals surface area contributed by atoms with Crippen LogP contribution in [0.1, 0.15) is 25.3 Å². The highest BCUT2D eigenvalue weighted by Gasteiger charge is 1.99. The molecule has 0 heterocycles. The molecule has 21 heavy (non-hydrogen) atoms. The lowest BCUT2D eigenvalue weighted by atomic mass is 10.0. The van der Waals surface area contributed by atoms with E-state index in [1.165, 1.54) is 0 Å². The Bertz CT molecular complexity index is 667. The summed E-state index contributed by atoms with van der Waals surface area (Å²) in [4.78, 5) is 0. The number of ether oxygens (including phenoxy) is 1. The van der Waals surface area contributed by atoms with Crippen molar-refractivity contribution >= 4 is 0 Å². The third-order valence-electron chi connectivity index (χ3n) is 3.10. The highest BCUT2D eigenvalue weighted by molar-refractivity contribution is 5.65. The normalized spacial score (nSPS) is 9.33. The van der Waals surface area contributed by atoms with Crippen LogP contribution in [-0.4, -0.2) is 6.61 Å². The van der Waals surface area contributed by atoms with Crippen molar-refractivity contribution in [3.8, 4) is 34.8 Å². The van der Waals surface area contributed by atoms with E-state index >= 15 is 0 Å². The number of nitrogens with zero attached hydrogens (tertiary/aromatic N) is 1. The fourth-order valence-corrected chi connectivity index (χ4v) is 1.92. The van der Waals surface area contributed by atoms with Crippen molar-refractivity contribution in [2.45, 2.75) is 19.8 Å². The zero-order valence-corrected chi connectivity index (χ0v) is 12.1. The molecule has 2 rings (SSSR count). The summed E-state index contributed by atoms with van der Waals surface area (Å²) in [5.74, 6) is 6.08. The van der Waals surface area contributed by atoms with E-state index in [-0.39, 0.29) is 0 Å². The molecule has 0 radical (unpaired) electrons. The van der Waals surface area contributed by atoms with Gasteiger partial charge in [-0.1, -0.05) is 43.5 Å². The average Bonchev–Trinajstić information content (AvgIpc) is 2.54. The third-order valence-corrected chi connectivity index (χ3v) is 3.10. The summed E-state index contributed by atoms with van der Waals surface area (Å²) in [5, 5.41) is 8.43. The van der Waals surface area contributed by atoms with Crippen molar-refractivity contribution in [2.24, 2.45) is 0 Å². The van der Waals surface area contributed by atoms with E-state index in [2.05, 4.69) is 30.9 Å². The predicted molar refractivity (Wildman–Crippen MR) is 84.8 cm³/mol. The first-order chi connectivity index (χ1) is 10.3. The van der Waals surface area contributed by atoms with Crippen molar-refractivity contribution in [1.82, 2.24) is 0 Å². The Labute approximate surface area is 126 Å². The minimum absolute atomic E-state index is 0.766. The highest BCUT2D eigenvalue weighted by Crippen LogP contribution is 2.22. The van der Waals surface area contributed by atoms with Crippen LogP contribution in [0, 0.1) is 23.2 Å². The Morgan fingerprint density at radius 2 is 1.57 bits per heavy atom. The van der Waals surface area contributed by atoms with E-state index in [0.717, 1.165) is 41.9 Å². The number of hydrogen-bond donors (Lipinski definition) is 0. The van der Waals surface area contributed by atoms with Crippen LogP contribution in [0.2, 0.25) is 0 Å². The van der Waals surface area contributed by atoms with Gasteiger partial charge in [-0.05, 0) is 41.8 Å². The van der Waals surface area contributed by atoms with E-state index in [1.54, 1.807) is 0 Å². The standard InChI is InChI=1S/C19H17NO/c1-2-3-15-21-19-12-10-18(11-13-19)17-8-6-16(7-9-17)5-4-14-20/h6-13H,2-3,15H2,1H3. The van der Waals surface area contributed by atoms with Gasteiger partial charge in [0.05, 0.1) is 6.61 Å². The molecule has 0 N–H and O–H groups in total. The molecule has 0 aliphatic carbocycles. The molecule has 0 saturated carbocycles. The van der Waals surface area contributed by atoms with Crippen molar-refractivity contribution < 1.29 is 4.74 Å². The number of hydrogen-bond acceptors (Lipinski definition) is 2. The molecular weight excluding hydrogens is 258 g/mol. The first-order valence-corrected chi connectivity index (χ1v) is 7.07. The van der Waals surface area contributed by atoms with Gasteiger partial charge in [0.1, 0.15) is 5.75 Å². The van der Waals surface area contributed by atoms with Gasteiger partial charge in [0.2, 0.25) is 0 Å². The molecule has 2 nitrogen and oxygen atoms in total. The topological polar surface area (TPSA) is 33.0 Å². The van der Waals surface area contributed by atoms with Gasteiger partial charge in [0, 0.05) is 11.5 Å². The first kappa shape index (κ1) is 14.7. The van der Waals surface area contributed by atoms with Crippen molar-refractivity contribution in [3.63, 3.8) is 0 Å². The third kappa shape index (κ3) is 4.41. The summed E-state index contributed by atoms with van der Waals surface area (Å²) in [6.07, 6.45) is 2.21. The van der Waals surface area contributed by atoms with Crippen molar-refractivity contribution in [3.05, 3.63) is 54.1 Å². The predicted octanol–water partition coefficient (Wildman–Crippen LogP) is 4.41. The molecular formula is C19H17NO. The fourth-order valence-electron chi connectivity index (χ4n) is 1.92. The molecule has 0 amide bonds. The molecule has 0 aliphatic rings. The van der Waals surface area contributed by atoms with E-state index in [4.69, 9.17) is 10.00 Å². The average molecular weight is 275 g/mol. The highest BCUT2D eigenvalue weighted by atomic mass is 16.5. The smallest absolute Gasteiger partial charge is 0.152 e. The van der Waals surface area contributed by atoms with Crippen LogP contribution in [0.4, 0.5) is 0 Å². The molecule has 0 spiro atoms. The zero-order valence-electron chi connectivity index (χ0n) is 12.1. The SMILES string of the molecule is CCCCOc1ccc(-c2ccc(C#CC#N)cc2)cc1. The second-order valence-electron chi connectivity index (χ2n) is 4.67. The van der Waals surface area contributed by atoms with Gasteiger partial charge in [0.25, 0.3) is 0 Å². The Morgan fingerprint density at radius 3 is 2.14 bits per heavy atom. The summed E-state index contributed by atoms with van der Waals surface area (Å²) in [5.41, 5.74) is 3.11. The van der Waals surface area contributed by atoms with Gasteiger partial charge in [0.15, 0.2) is 6.07 Å². The monoisotopic (exact) mass is 275 g/mol. The van der Waals surface area contributed by atoms with Gasteiger partial charge < -0.3 is 4.74 Å². The van der Waals surface area contributed by atoms with E-state index in [9.17, 15) is 0 Å². The molecule has 2 aromatic carbocycles. The largest absolute Gasteiger partial charge is 0.494 e. The van der Waals surface area contributed by atoms with Crippen LogP contribution in [0.15, 0.2) is 48.5 Å². The molecule has 0 aliphatic heterocycles. The lowest BCUT2D eigenvalue weighted by Gasteiger charge is -2.07. The van der Waals surface area contributed by atoms with E-state index < -0.39 is 0 Å². The molecule has 0 saturated heterocycles. The molecule has 0 fully saturated rings. The van der Waals surface area contributed by atoms with E-state index in [1.807, 2.05) is 42.5 Å². The zero-order chi connectivity index (χ0) is 14.9.